The Hall–Kier alpha value is -1.76. The zero-order valence-electron chi connectivity index (χ0n) is 14.3. The Morgan fingerprint density at radius 2 is 2.12 bits per heavy atom. The molecule has 3 rings (SSSR count). The van der Waals surface area contributed by atoms with Gasteiger partial charge in [0, 0.05) is 25.7 Å². The lowest BCUT2D eigenvalue weighted by Gasteiger charge is -2.37. The number of fused-ring (bicyclic) bond motifs is 1. The van der Waals surface area contributed by atoms with Crippen molar-refractivity contribution >= 4 is 29.5 Å². The molecule has 2 fully saturated rings. The second-order valence-electron chi connectivity index (χ2n) is 7.46. The van der Waals surface area contributed by atoms with Crippen molar-refractivity contribution in [1.29, 1.82) is 0 Å². The lowest BCUT2D eigenvalue weighted by atomic mass is 9.92. The summed E-state index contributed by atoms with van der Waals surface area (Å²) in [7, 11) is 0. The second-order valence-corrected chi connectivity index (χ2v) is 7.84. The fraction of sp³-hybridized carbons (Fsp3) is 0.688. The number of nitrogen functional groups attached to an aromatic ring is 1. The molecule has 0 radical (unpaired) electrons. The number of carbonyl (C=O) groups excluding carboxylic acids is 1. The average Bonchev–Trinajstić information content (AvgIpc) is 2.88. The molecular weight excluding hydrogens is 330 g/mol. The highest BCUT2D eigenvalue weighted by atomic mass is 35.5. The van der Waals surface area contributed by atoms with Crippen LogP contribution in [0.2, 0.25) is 5.15 Å². The molecule has 7 nitrogen and oxygen atoms in total. The number of halogens is 1. The molecule has 0 saturated carbocycles. The van der Waals surface area contributed by atoms with Gasteiger partial charge < -0.3 is 20.3 Å². The summed E-state index contributed by atoms with van der Waals surface area (Å²) >= 11 is 5.99. The second kappa shape index (κ2) is 6.27. The number of aromatic nitrogens is 2. The maximum atomic E-state index is 12.5. The van der Waals surface area contributed by atoms with Crippen molar-refractivity contribution in [3.8, 4) is 0 Å². The summed E-state index contributed by atoms with van der Waals surface area (Å²) in [6.07, 6.45) is 1.84. The highest BCUT2D eigenvalue weighted by Crippen LogP contribution is 2.34. The summed E-state index contributed by atoms with van der Waals surface area (Å²) < 4.78 is 5.57. The van der Waals surface area contributed by atoms with E-state index in [4.69, 9.17) is 22.1 Å². The SMILES string of the molecule is CC(C)(C)OC(=O)N1CCC[C@@H]2CN(c3cc(Cl)nc(N)n3)CC21. The Labute approximate surface area is 147 Å². The zero-order valence-corrected chi connectivity index (χ0v) is 15.1. The van der Waals surface area contributed by atoms with E-state index in [9.17, 15) is 4.79 Å². The number of ether oxygens (including phenoxy) is 1. The van der Waals surface area contributed by atoms with Gasteiger partial charge in [-0.25, -0.2) is 9.78 Å². The largest absolute Gasteiger partial charge is 0.444 e. The fourth-order valence-electron chi connectivity index (χ4n) is 3.50. The van der Waals surface area contributed by atoms with Crippen molar-refractivity contribution in [1.82, 2.24) is 14.9 Å². The molecule has 2 saturated heterocycles. The number of carbonyl (C=O) groups is 1. The van der Waals surface area contributed by atoms with Crippen LogP contribution in [0, 0.1) is 5.92 Å². The normalized spacial score (nSPS) is 24.0. The molecule has 0 bridgehead atoms. The predicted molar refractivity (Wildman–Crippen MR) is 93.1 cm³/mol. The maximum absolute atomic E-state index is 12.5. The van der Waals surface area contributed by atoms with Crippen molar-refractivity contribution in [2.45, 2.75) is 45.3 Å². The number of rotatable bonds is 1. The first kappa shape index (κ1) is 17.1. The molecule has 2 aliphatic heterocycles. The molecule has 0 aromatic carbocycles. The monoisotopic (exact) mass is 353 g/mol. The summed E-state index contributed by atoms with van der Waals surface area (Å²) in [4.78, 5) is 24.7. The van der Waals surface area contributed by atoms with Crippen LogP contribution < -0.4 is 10.6 Å². The first-order valence-electron chi connectivity index (χ1n) is 8.27. The molecule has 0 aliphatic carbocycles. The van der Waals surface area contributed by atoms with E-state index in [0.717, 1.165) is 25.9 Å². The van der Waals surface area contributed by atoms with Gasteiger partial charge in [0.1, 0.15) is 16.6 Å². The molecule has 132 valence electrons. The topological polar surface area (TPSA) is 84.6 Å². The Balaban J connectivity index is 1.76. The van der Waals surface area contributed by atoms with Crippen LogP contribution in [0.1, 0.15) is 33.6 Å². The van der Waals surface area contributed by atoms with Crippen molar-refractivity contribution in [2.24, 2.45) is 5.92 Å². The number of anilines is 2. The maximum Gasteiger partial charge on any atom is 0.410 e. The van der Waals surface area contributed by atoms with Gasteiger partial charge in [0.25, 0.3) is 0 Å². The predicted octanol–water partition coefficient (Wildman–Crippen LogP) is 2.55. The number of hydrogen-bond acceptors (Lipinski definition) is 6. The first-order valence-corrected chi connectivity index (χ1v) is 8.65. The van der Waals surface area contributed by atoms with E-state index in [0.29, 0.717) is 23.4 Å². The van der Waals surface area contributed by atoms with Gasteiger partial charge in [0.05, 0.1) is 6.04 Å². The van der Waals surface area contributed by atoms with Crippen molar-refractivity contribution < 1.29 is 9.53 Å². The molecule has 8 heteroatoms. The number of nitrogens with two attached hydrogens (primary N) is 1. The van der Waals surface area contributed by atoms with Crippen LogP contribution in [0.3, 0.4) is 0 Å². The Kier molecular flexibility index (Phi) is 4.46. The minimum atomic E-state index is -0.489. The Morgan fingerprint density at radius 3 is 2.79 bits per heavy atom. The van der Waals surface area contributed by atoms with E-state index in [-0.39, 0.29) is 18.1 Å². The van der Waals surface area contributed by atoms with Crippen LogP contribution in [0.25, 0.3) is 0 Å². The molecule has 1 aromatic heterocycles. The van der Waals surface area contributed by atoms with Crippen LogP contribution >= 0.6 is 11.6 Å². The van der Waals surface area contributed by atoms with Crippen LogP contribution in [-0.2, 0) is 4.74 Å². The molecular formula is C16H24ClN5O2. The summed E-state index contributed by atoms with van der Waals surface area (Å²) in [6, 6.07) is 1.84. The standard InChI is InChI=1S/C16H24ClN5O2/c1-16(2,3)24-15(23)22-6-4-5-10-8-21(9-11(10)22)13-7-12(17)19-14(18)20-13/h7,10-11H,4-6,8-9H2,1-3H3,(H2,18,19,20)/t10-,11?/m1/s1. The lowest BCUT2D eigenvalue weighted by molar-refractivity contribution is 0.00669. The van der Waals surface area contributed by atoms with Gasteiger partial charge in [-0.3, -0.25) is 0 Å². The van der Waals surface area contributed by atoms with E-state index in [1.54, 1.807) is 6.07 Å². The number of amides is 1. The molecule has 2 atom stereocenters. The van der Waals surface area contributed by atoms with Gasteiger partial charge in [-0.15, -0.1) is 0 Å². The molecule has 1 unspecified atom stereocenters. The first-order chi connectivity index (χ1) is 11.2. The number of piperidine rings is 1. The number of likely N-dealkylation sites (tertiary alicyclic amines) is 1. The van der Waals surface area contributed by atoms with Gasteiger partial charge in [0.15, 0.2) is 0 Å². The minimum absolute atomic E-state index is 0.128. The summed E-state index contributed by atoms with van der Waals surface area (Å²) in [6.45, 7) is 7.93. The molecule has 3 heterocycles. The van der Waals surface area contributed by atoms with Gasteiger partial charge >= 0.3 is 6.09 Å². The molecule has 1 amide bonds. The van der Waals surface area contributed by atoms with Crippen molar-refractivity contribution in [2.75, 3.05) is 30.3 Å². The van der Waals surface area contributed by atoms with Gasteiger partial charge in [-0.05, 0) is 39.5 Å². The summed E-state index contributed by atoms with van der Waals surface area (Å²) in [5, 5.41) is 0.330. The van der Waals surface area contributed by atoms with Crippen LogP contribution in [-0.4, -0.2) is 52.2 Å². The average molecular weight is 354 g/mol. The number of nitrogens with zero attached hydrogens (tertiary/aromatic N) is 4. The quantitative estimate of drug-likeness (QED) is 0.781. The van der Waals surface area contributed by atoms with Crippen LogP contribution in [0.4, 0.5) is 16.6 Å². The fourth-order valence-corrected chi connectivity index (χ4v) is 3.68. The van der Waals surface area contributed by atoms with Gasteiger partial charge in [-0.1, -0.05) is 11.6 Å². The Bertz CT molecular complexity index is 613. The molecule has 24 heavy (non-hydrogen) atoms. The van der Waals surface area contributed by atoms with E-state index in [1.807, 2.05) is 25.7 Å². The molecule has 0 spiro atoms. The third-order valence-corrected chi connectivity index (χ3v) is 4.63. The molecule has 2 N–H and O–H groups in total. The lowest BCUT2D eigenvalue weighted by Crippen LogP contribution is -2.50. The van der Waals surface area contributed by atoms with E-state index < -0.39 is 5.60 Å². The van der Waals surface area contributed by atoms with Crippen molar-refractivity contribution in [3.05, 3.63) is 11.2 Å². The highest BCUT2D eigenvalue weighted by Gasteiger charge is 2.42. The minimum Gasteiger partial charge on any atom is -0.444 e. The van der Waals surface area contributed by atoms with E-state index in [2.05, 4.69) is 14.9 Å². The third-order valence-electron chi connectivity index (χ3n) is 4.43. The van der Waals surface area contributed by atoms with Crippen LogP contribution in [0.15, 0.2) is 6.07 Å². The third kappa shape index (κ3) is 3.66. The van der Waals surface area contributed by atoms with Gasteiger partial charge in [-0.2, -0.15) is 4.98 Å². The van der Waals surface area contributed by atoms with Crippen LogP contribution in [0.5, 0.6) is 0 Å². The smallest absolute Gasteiger partial charge is 0.410 e. The van der Waals surface area contributed by atoms with E-state index in [1.165, 1.54) is 0 Å². The van der Waals surface area contributed by atoms with E-state index >= 15 is 0 Å². The molecule has 1 aromatic rings. The Morgan fingerprint density at radius 1 is 1.38 bits per heavy atom. The summed E-state index contributed by atoms with van der Waals surface area (Å²) in [5.74, 6) is 1.28. The van der Waals surface area contributed by atoms with Crippen molar-refractivity contribution in [3.63, 3.8) is 0 Å². The number of hydrogen-bond donors (Lipinski definition) is 1. The zero-order chi connectivity index (χ0) is 17.5. The molecule has 2 aliphatic rings. The highest BCUT2D eigenvalue weighted by molar-refractivity contribution is 6.29. The summed E-state index contributed by atoms with van der Waals surface area (Å²) in [5.41, 5.74) is 5.21. The van der Waals surface area contributed by atoms with Gasteiger partial charge in [0.2, 0.25) is 5.95 Å².